The highest BCUT2D eigenvalue weighted by Crippen LogP contribution is 2.12. The molecule has 0 N–H and O–H groups in total. The molecule has 0 saturated carbocycles. The van der Waals surface area contributed by atoms with Crippen LogP contribution in [0.5, 0.6) is 0 Å². The van der Waals surface area contributed by atoms with E-state index in [1.165, 1.54) is 31.6 Å². The summed E-state index contributed by atoms with van der Waals surface area (Å²) in [5.74, 6) is 0. The molecular weight excluding hydrogens is 212 g/mol. The second kappa shape index (κ2) is 7.85. The van der Waals surface area contributed by atoms with E-state index in [2.05, 4.69) is 36.6 Å². The number of piperazine rings is 1. The Morgan fingerprint density at radius 2 is 2.12 bits per heavy atom. The average Bonchev–Trinajstić information content (AvgIpc) is 2.34. The number of ether oxygens (including phenoxy) is 1. The lowest BCUT2D eigenvalue weighted by molar-refractivity contribution is 0.0546. The van der Waals surface area contributed by atoms with Gasteiger partial charge in [-0.05, 0) is 20.3 Å². The van der Waals surface area contributed by atoms with Crippen molar-refractivity contribution in [2.24, 2.45) is 0 Å². The fraction of sp³-hybridized carbons (Fsp3) is 0.857. The smallest absolute Gasteiger partial charge is 0.0589 e. The van der Waals surface area contributed by atoms with Crippen molar-refractivity contribution < 1.29 is 4.74 Å². The van der Waals surface area contributed by atoms with E-state index in [1.54, 1.807) is 7.11 Å². The van der Waals surface area contributed by atoms with E-state index < -0.39 is 0 Å². The summed E-state index contributed by atoms with van der Waals surface area (Å²) < 4.78 is 5.18. The molecule has 0 radical (unpaired) electrons. The van der Waals surface area contributed by atoms with Crippen molar-refractivity contribution in [1.29, 1.82) is 0 Å². The van der Waals surface area contributed by atoms with Gasteiger partial charge in [0.2, 0.25) is 0 Å². The van der Waals surface area contributed by atoms with E-state index in [9.17, 15) is 0 Å². The molecule has 0 aromatic carbocycles. The summed E-state index contributed by atoms with van der Waals surface area (Å²) in [6, 6.07) is 0.699. The summed E-state index contributed by atoms with van der Waals surface area (Å²) in [6.07, 6.45) is 3.56. The van der Waals surface area contributed by atoms with Crippen LogP contribution in [0.25, 0.3) is 0 Å². The lowest BCUT2D eigenvalue weighted by atomic mass is 10.1. The molecule has 17 heavy (non-hydrogen) atoms. The Morgan fingerprint density at radius 1 is 1.35 bits per heavy atom. The third-order valence-electron chi connectivity index (χ3n) is 3.50. The molecule has 0 bridgehead atoms. The van der Waals surface area contributed by atoms with Gasteiger partial charge in [0, 0.05) is 45.9 Å². The van der Waals surface area contributed by atoms with Crippen LogP contribution in [0.4, 0.5) is 0 Å². The van der Waals surface area contributed by atoms with Gasteiger partial charge in [-0.3, -0.25) is 9.80 Å². The second-order valence-electron chi connectivity index (χ2n) is 5.13. The first-order chi connectivity index (χ1) is 8.17. The topological polar surface area (TPSA) is 15.7 Å². The van der Waals surface area contributed by atoms with Crippen molar-refractivity contribution in [3.8, 4) is 0 Å². The van der Waals surface area contributed by atoms with Gasteiger partial charge in [-0.25, -0.2) is 0 Å². The van der Waals surface area contributed by atoms with Crippen molar-refractivity contribution in [2.45, 2.75) is 33.2 Å². The fourth-order valence-electron chi connectivity index (χ4n) is 2.32. The number of methoxy groups -OCH3 is 1. The van der Waals surface area contributed by atoms with E-state index in [-0.39, 0.29) is 0 Å². The van der Waals surface area contributed by atoms with Gasteiger partial charge in [-0.2, -0.15) is 0 Å². The van der Waals surface area contributed by atoms with Crippen molar-refractivity contribution in [3.63, 3.8) is 0 Å². The number of hydrogen-bond donors (Lipinski definition) is 0. The molecule has 0 amide bonds. The summed E-state index contributed by atoms with van der Waals surface area (Å²) >= 11 is 0. The Labute approximate surface area is 106 Å². The maximum atomic E-state index is 5.18. The van der Waals surface area contributed by atoms with Crippen molar-refractivity contribution in [3.05, 3.63) is 11.6 Å². The van der Waals surface area contributed by atoms with Crippen molar-refractivity contribution in [1.82, 2.24) is 9.80 Å². The molecule has 0 spiro atoms. The number of hydrogen-bond acceptors (Lipinski definition) is 3. The van der Waals surface area contributed by atoms with E-state index in [0.29, 0.717) is 6.04 Å². The molecule has 0 unspecified atom stereocenters. The average molecular weight is 240 g/mol. The lowest BCUT2D eigenvalue weighted by Crippen LogP contribution is -2.53. The van der Waals surface area contributed by atoms with Crippen LogP contribution in [0.3, 0.4) is 0 Å². The highest BCUT2D eigenvalue weighted by Gasteiger charge is 2.24. The van der Waals surface area contributed by atoms with Gasteiger partial charge in [0.15, 0.2) is 0 Å². The summed E-state index contributed by atoms with van der Waals surface area (Å²) in [5, 5.41) is 0. The third kappa shape index (κ3) is 5.19. The maximum absolute atomic E-state index is 5.18. The van der Waals surface area contributed by atoms with E-state index >= 15 is 0 Å². The molecule has 3 heteroatoms. The Balaban J connectivity index is 2.40. The molecule has 3 nitrogen and oxygen atoms in total. The van der Waals surface area contributed by atoms with Gasteiger partial charge in [0.25, 0.3) is 0 Å². The second-order valence-corrected chi connectivity index (χ2v) is 5.13. The first-order valence-corrected chi connectivity index (χ1v) is 6.76. The zero-order valence-corrected chi connectivity index (χ0v) is 11.9. The SMILES string of the molecule is CC[C@H]1CN(CC=C(C)C)CCN1CCOC. The predicted octanol–water partition coefficient (Wildman–Crippen LogP) is 2.00. The minimum absolute atomic E-state index is 0.699. The molecular formula is C14H28N2O. The van der Waals surface area contributed by atoms with Gasteiger partial charge in [-0.1, -0.05) is 18.6 Å². The van der Waals surface area contributed by atoms with E-state index in [0.717, 1.165) is 19.7 Å². The van der Waals surface area contributed by atoms with Crippen LogP contribution < -0.4 is 0 Å². The highest BCUT2D eigenvalue weighted by atomic mass is 16.5. The van der Waals surface area contributed by atoms with Crippen LogP contribution in [0.15, 0.2) is 11.6 Å². The van der Waals surface area contributed by atoms with Gasteiger partial charge in [0.05, 0.1) is 6.61 Å². The molecule has 0 aliphatic carbocycles. The first-order valence-electron chi connectivity index (χ1n) is 6.76. The van der Waals surface area contributed by atoms with Gasteiger partial charge in [0.1, 0.15) is 0 Å². The molecule has 1 aliphatic rings. The number of rotatable bonds is 6. The Morgan fingerprint density at radius 3 is 2.71 bits per heavy atom. The Kier molecular flexibility index (Phi) is 6.78. The molecule has 0 aromatic heterocycles. The summed E-state index contributed by atoms with van der Waals surface area (Å²) in [5.41, 5.74) is 1.42. The van der Waals surface area contributed by atoms with Gasteiger partial charge in [-0.15, -0.1) is 0 Å². The highest BCUT2D eigenvalue weighted by molar-refractivity contribution is 4.96. The number of nitrogens with zero attached hydrogens (tertiary/aromatic N) is 2. The number of allylic oxidation sites excluding steroid dienone is 1. The molecule has 1 saturated heterocycles. The zero-order valence-electron chi connectivity index (χ0n) is 11.9. The van der Waals surface area contributed by atoms with Crippen LogP contribution in [-0.2, 0) is 4.74 Å². The Hall–Kier alpha value is -0.380. The van der Waals surface area contributed by atoms with E-state index in [4.69, 9.17) is 4.74 Å². The summed E-state index contributed by atoms with van der Waals surface area (Å²) in [6.45, 7) is 13.2. The van der Waals surface area contributed by atoms with Crippen LogP contribution in [0.1, 0.15) is 27.2 Å². The first kappa shape index (κ1) is 14.7. The minimum atomic E-state index is 0.699. The molecule has 1 rings (SSSR count). The monoisotopic (exact) mass is 240 g/mol. The maximum Gasteiger partial charge on any atom is 0.0589 e. The predicted molar refractivity (Wildman–Crippen MR) is 73.4 cm³/mol. The summed E-state index contributed by atoms with van der Waals surface area (Å²) in [7, 11) is 1.78. The normalized spacial score (nSPS) is 22.7. The molecule has 1 aliphatic heterocycles. The van der Waals surface area contributed by atoms with Crippen molar-refractivity contribution in [2.75, 3.05) is 46.4 Å². The van der Waals surface area contributed by atoms with Gasteiger partial charge < -0.3 is 4.74 Å². The standard InChI is InChI=1S/C14H28N2O/c1-5-14-12-15(7-6-13(2)3)8-9-16(14)10-11-17-4/h6,14H,5,7-12H2,1-4H3/t14-/m0/s1. The third-order valence-corrected chi connectivity index (χ3v) is 3.50. The zero-order chi connectivity index (χ0) is 12.7. The molecule has 100 valence electrons. The van der Waals surface area contributed by atoms with E-state index in [1.807, 2.05) is 0 Å². The molecule has 1 heterocycles. The van der Waals surface area contributed by atoms with Crippen LogP contribution in [-0.4, -0.2) is 62.3 Å². The van der Waals surface area contributed by atoms with Crippen LogP contribution >= 0.6 is 0 Å². The lowest BCUT2D eigenvalue weighted by Gasteiger charge is -2.40. The summed E-state index contributed by atoms with van der Waals surface area (Å²) in [4.78, 5) is 5.13. The van der Waals surface area contributed by atoms with Crippen LogP contribution in [0.2, 0.25) is 0 Å². The molecule has 1 fully saturated rings. The minimum Gasteiger partial charge on any atom is -0.383 e. The van der Waals surface area contributed by atoms with Crippen molar-refractivity contribution >= 4 is 0 Å². The molecule has 1 atom stereocenters. The van der Waals surface area contributed by atoms with Gasteiger partial charge >= 0.3 is 0 Å². The van der Waals surface area contributed by atoms with Crippen LogP contribution in [0, 0.1) is 0 Å². The Bertz CT molecular complexity index is 236. The fourth-order valence-corrected chi connectivity index (χ4v) is 2.32. The molecule has 0 aromatic rings. The largest absolute Gasteiger partial charge is 0.383 e. The quantitative estimate of drug-likeness (QED) is 0.660.